The first-order valence-electron chi connectivity index (χ1n) is 6.61. The zero-order valence-electron chi connectivity index (χ0n) is 10.5. The van der Waals surface area contributed by atoms with Crippen molar-refractivity contribution in [2.45, 2.75) is 58.4 Å². The first-order chi connectivity index (χ1) is 7.74. The van der Waals surface area contributed by atoms with Crippen LogP contribution in [0.5, 0.6) is 0 Å². The minimum Gasteiger partial charge on any atom is -0.339 e. The Morgan fingerprint density at radius 2 is 2.12 bits per heavy atom. The fourth-order valence-electron chi connectivity index (χ4n) is 2.61. The highest BCUT2D eigenvalue weighted by Crippen LogP contribution is 2.25. The molecule has 0 aliphatic carbocycles. The minimum absolute atomic E-state index is 0.254. The van der Waals surface area contributed by atoms with E-state index in [4.69, 9.17) is 0 Å². The molecule has 0 radical (unpaired) electrons. The van der Waals surface area contributed by atoms with E-state index in [0.717, 1.165) is 31.1 Å². The van der Waals surface area contributed by atoms with E-state index < -0.39 is 0 Å². The van der Waals surface area contributed by atoms with Crippen LogP contribution in [0, 0.1) is 5.92 Å². The first-order valence-corrected chi connectivity index (χ1v) is 7.73. The van der Waals surface area contributed by atoms with Gasteiger partial charge in [-0.2, -0.15) is 0 Å². The van der Waals surface area contributed by atoms with Gasteiger partial charge in [-0.25, -0.2) is 0 Å². The van der Waals surface area contributed by atoms with E-state index in [-0.39, 0.29) is 5.92 Å². The molecule has 1 heterocycles. The zero-order valence-corrected chi connectivity index (χ0v) is 12.1. The highest BCUT2D eigenvalue weighted by Gasteiger charge is 2.30. The number of amides is 1. The van der Waals surface area contributed by atoms with Crippen LogP contribution >= 0.6 is 15.9 Å². The molecule has 1 atom stereocenters. The average Bonchev–Trinajstić information content (AvgIpc) is 2.75. The van der Waals surface area contributed by atoms with Crippen LogP contribution in [0.15, 0.2) is 0 Å². The first kappa shape index (κ1) is 14.0. The quantitative estimate of drug-likeness (QED) is 0.685. The Kier molecular flexibility index (Phi) is 6.40. The molecule has 3 heteroatoms. The minimum atomic E-state index is 0.254. The van der Waals surface area contributed by atoms with E-state index >= 15 is 0 Å². The fraction of sp³-hybridized carbons (Fsp3) is 0.923. The van der Waals surface area contributed by atoms with Crippen LogP contribution in [-0.2, 0) is 4.79 Å². The molecule has 1 saturated heterocycles. The van der Waals surface area contributed by atoms with E-state index in [1.54, 1.807) is 0 Å². The molecule has 1 aliphatic rings. The maximum absolute atomic E-state index is 12.3. The maximum Gasteiger partial charge on any atom is 0.225 e. The molecule has 0 N–H and O–H groups in total. The molecule has 16 heavy (non-hydrogen) atoms. The molecule has 2 nitrogen and oxygen atoms in total. The molecule has 0 aromatic heterocycles. The van der Waals surface area contributed by atoms with Gasteiger partial charge in [0.2, 0.25) is 5.91 Å². The number of carbonyl (C=O) groups excluding carboxylic acids is 1. The number of hydrogen-bond donors (Lipinski definition) is 0. The lowest BCUT2D eigenvalue weighted by molar-refractivity contribution is -0.136. The van der Waals surface area contributed by atoms with Crippen molar-refractivity contribution in [1.29, 1.82) is 0 Å². The molecule has 0 spiro atoms. The van der Waals surface area contributed by atoms with Crippen molar-refractivity contribution in [3.05, 3.63) is 0 Å². The lowest BCUT2D eigenvalue weighted by Gasteiger charge is -2.28. The SMILES string of the molecule is CCC(CC)C(=O)N1CCCC1CCCBr. The number of hydrogen-bond acceptors (Lipinski definition) is 1. The highest BCUT2D eigenvalue weighted by molar-refractivity contribution is 9.09. The molecular weight excluding hydrogens is 266 g/mol. The number of carbonyl (C=O) groups is 1. The van der Waals surface area contributed by atoms with E-state index in [1.165, 1.54) is 19.3 Å². The lowest BCUT2D eigenvalue weighted by Crippen LogP contribution is -2.39. The fourth-order valence-corrected chi connectivity index (χ4v) is 2.93. The summed E-state index contributed by atoms with van der Waals surface area (Å²) in [7, 11) is 0. The Morgan fingerprint density at radius 1 is 1.44 bits per heavy atom. The predicted molar refractivity (Wildman–Crippen MR) is 71.8 cm³/mol. The summed E-state index contributed by atoms with van der Waals surface area (Å²) in [6.07, 6.45) is 6.71. The Hall–Kier alpha value is -0.0500. The third-order valence-corrected chi connectivity index (χ3v) is 4.23. The van der Waals surface area contributed by atoms with Gasteiger partial charge in [-0.3, -0.25) is 4.79 Å². The maximum atomic E-state index is 12.3. The van der Waals surface area contributed by atoms with Gasteiger partial charge >= 0.3 is 0 Å². The van der Waals surface area contributed by atoms with Crippen LogP contribution in [0.1, 0.15) is 52.4 Å². The monoisotopic (exact) mass is 289 g/mol. The second-order valence-corrected chi connectivity index (χ2v) is 5.47. The molecule has 1 rings (SSSR count). The van der Waals surface area contributed by atoms with Crippen LogP contribution < -0.4 is 0 Å². The third kappa shape index (κ3) is 3.47. The summed E-state index contributed by atoms with van der Waals surface area (Å²) < 4.78 is 0. The third-order valence-electron chi connectivity index (χ3n) is 3.67. The van der Waals surface area contributed by atoms with Crippen molar-refractivity contribution in [1.82, 2.24) is 4.90 Å². The number of nitrogens with zero attached hydrogens (tertiary/aromatic N) is 1. The predicted octanol–water partition coefficient (Wildman–Crippen LogP) is 3.59. The largest absolute Gasteiger partial charge is 0.339 e. The van der Waals surface area contributed by atoms with E-state index in [0.29, 0.717) is 11.9 Å². The van der Waals surface area contributed by atoms with Gasteiger partial charge in [0, 0.05) is 23.8 Å². The summed E-state index contributed by atoms with van der Waals surface area (Å²) in [6.45, 7) is 5.23. The van der Waals surface area contributed by atoms with Crippen LogP contribution in [0.2, 0.25) is 0 Å². The normalized spacial score (nSPS) is 20.8. The second kappa shape index (κ2) is 7.31. The molecule has 1 amide bonds. The molecule has 94 valence electrons. The Bertz CT molecular complexity index is 216. The van der Waals surface area contributed by atoms with E-state index in [9.17, 15) is 4.79 Å². The summed E-state index contributed by atoms with van der Waals surface area (Å²) in [4.78, 5) is 14.4. The molecular formula is C13H24BrNO. The van der Waals surface area contributed by atoms with Crippen LogP contribution in [0.4, 0.5) is 0 Å². The van der Waals surface area contributed by atoms with E-state index in [1.807, 2.05) is 0 Å². The summed E-state index contributed by atoms with van der Waals surface area (Å²) >= 11 is 3.47. The van der Waals surface area contributed by atoms with Crippen molar-refractivity contribution in [2.75, 3.05) is 11.9 Å². The van der Waals surface area contributed by atoms with Gasteiger partial charge in [0.1, 0.15) is 0 Å². The van der Waals surface area contributed by atoms with Crippen molar-refractivity contribution in [3.63, 3.8) is 0 Å². The van der Waals surface area contributed by atoms with Gasteiger partial charge in [0.25, 0.3) is 0 Å². The van der Waals surface area contributed by atoms with Crippen molar-refractivity contribution in [2.24, 2.45) is 5.92 Å². The number of halogens is 1. The highest BCUT2D eigenvalue weighted by atomic mass is 79.9. The van der Waals surface area contributed by atoms with Gasteiger partial charge < -0.3 is 4.90 Å². The smallest absolute Gasteiger partial charge is 0.225 e. The molecule has 1 aliphatic heterocycles. The van der Waals surface area contributed by atoms with Gasteiger partial charge in [0.15, 0.2) is 0 Å². The standard InChI is InChI=1S/C13H24BrNO/c1-3-11(4-2)13(16)15-10-6-8-12(15)7-5-9-14/h11-12H,3-10H2,1-2H3. The van der Waals surface area contributed by atoms with Crippen molar-refractivity contribution >= 4 is 21.8 Å². The second-order valence-electron chi connectivity index (χ2n) is 4.67. The zero-order chi connectivity index (χ0) is 12.0. The summed E-state index contributed by atoms with van der Waals surface area (Å²) in [6, 6.07) is 0.519. The van der Waals surface area contributed by atoms with Gasteiger partial charge in [0.05, 0.1) is 0 Å². The molecule has 0 aromatic rings. The van der Waals surface area contributed by atoms with Crippen LogP contribution in [0.3, 0.4) is 0 Å². The summed E-state index contributed by atoms with van der Waals surface area (Å²) in [5.41, 5.74) is 0. The molecule has 0 saturated carbocycles. The average molecular weight is 290 g/mol. The summed E-state index contributed by atoms with van der Waals surface area (Å²) in [5, 5.41) is 1.05. The van der Waals surface area contributed by atoms with Gasteiger partial charge in [-0.15, -0.1) is 0 Å². The van der Waals surface area contributed by atoms with Crippen LogP contribution in [0.25, 0.3) is 0 Å². The Morgan fingerprint density at radius 3 is 2.69 bits per heavy atom. The number of likely N-dealkylation sites (tertiary alicyclic amines) is 1. The van der Waals surface area contributed by atoms with E-state index in [2.05, 4.69) is 34.7 Å². The topological polar surface area (TPSA) is 20.3 Å². The molecule has 0 bridgehead atoms. The Balaban J connectivity index is 2.52. The molecule has 1 unspecified atom stereocenters. The van der Waals surface area contributed by atoms with Crippen molar-refractivity contribution < 1.29 is 4.79 Å². The van der Waals surface area contributed by atoms with Gasteiger partial charge in [-0.1, -0.05) is 29.8 Å². The number of rotatable bonds is 6. The molecule has 0 aromatic carbocycles. The Labute approximate surface area is 108 Å². The van der Waals surface area contributed by atoms with Crippen LogP contribution in [-0.4, -0.2) is 28.7 Å². The lowest BCUT2D eigenvalue weighted by atomic mass is 10.0. The van der Waals surface area contributed by atoms with Crippen molar-refractivity contribution in [3.8, 4) is 0 Å². The number of alkyl halides is 1. The van der Waals surface area contributed by atoms with Gasteiger partial charge in [-0.05, 0) is 38.5 Å². The summed E-state index contributed by atoms with van der Waals surface area (Å²) in [5.74, 6) is 0.659. The molecule has 1 fully saturated rings.